The summed E-state index contributed by atoms with van der Waals surface area (Å²) in [4.78, 5) is 27.5. The SMILES string of the molecule is CCN(C(=O)c1c(OC)cc(=O)n2c1CCCC2)c1cccc(C)c1. The van der Waals surface area contributed by atoms with Gasteiger partial charge >= 0.3 is 0 Å². The number of carbonyl (C=O) groups is 1. The molecule has 5 heteroatoms. The molecule has 1 aliphatic rings. The minimum Gasteiger partial charge on any atom is -0.496 e. The predicted octanol–water partition coefficient (Wildman–Crippen LogP) is 3.17. The number of rotatable bonds is 4. The first-order chi connectivity index (χ1) is 12.1. The summed E-state index contributed by atoms with van der Waals surface area (Å²) in [6.45, 7) is 5.17. The van der Waals surface area contributed by atoms with E-state index in [0.29, 0.717) is 24.4 Å². The molecule has 1 amide bonds. The quantitative estimate of drug-likeness (QED) is 0.859. The van der Waals surface area contributed by atoms with Crippen LogP contribution in [0.4, 0.5) is 5.69 Å². The van der Waals surface area contributed by atoms with Crippen LogP contribution in [-0.2, 0) is 13.0 Å². The molecular formula is C20H24N2O3. The largest absolute Gasteiger partial charge is 0.496 e. The fraction of sp³-hybridized carbons (Fsp3) is 0.400. The Labute approximate surface area is 147 Å². The molecule has 1 aliphatic heterocycles. The van der Waals surface area contributed by atoms with Crippen molar-refractivity contribution in [2.75, 3.05) is 18.6 Å². The van der Waals surface area contributed by atoms with E-state index < -0.39 is 0 Å². The van der Waals surface area contributed by atoms with E-state index in [1.165, 1.54) is 13.2 Å². The monoisotopic (exact) mass is 340 g/mol. The molecule has 25 heavy (non-hydrogen) atoms. The van der Waals surface area contributed by atoms with Gasteiger partial charge in [-0.2, -0.15) is 0 Å². The van der Waals surface area contributed by atoms with Crippen LogP contribution in [0.3, 0.4) is 0 Å². The smallest absolute Gasteiger partial charge is 0.263 e. The minimum atomic E-state index is -0.115. The van der Waals surface area contributed by atoms with Gasteiger partial charge in [0, 0.05) is 30.5 Å². The van der Waals surface area contributed by atoms with Crippen molar-refractivity contribution in [2.24, 2.45) is 0 Å². The summed E-state index contributed by atoms with van der Waals surface area (Å²) >= 11 is 0. The standard InChI is InChI=1S/C20H24N2O3/c1-4-21(15-9-7-8-14(2)12-15)20(24)19-16-10-5-6-11-22(16)18(23)13-17(19)25-3/h7-9,12-13H,4-6,10-11H2,1-3H3. The molecular weight excluding hydrogens is 316 g/mol. The first kappa shape index (κ1) is 17.3. The van der Waals surface area contributed by atoms with Gasteiger partial charge in [0.1, 0.15) is 11.3 Å². The van der Waals surface area contributed by atoms with Crippen LogP contribution in [0.15, 0.2) is 35.1 Å². The van der Waals surface area contributed by atoms with Crippen molar-refractivity contribution >= 4 is 11.6 Å². The number of nitrogens with zero attached hydrogens (tertiary/aromatic N) is 2. The molecule has 5 nitrogen and oxygen atoms in total. The van der Waals surface area contributed by atoms with Crippen LogP contribution in [-0.4, -0.2) is 24.1 Å². The van der Waals surface area contributed by atoms with E-state index in [9.17, 15) is 9.59 Å². The molecule has 2 aromatic rings. The van der Waals surface area contributed by atoms with Crippen molar-refractivity contribution in [1.82, 2.24) is 4.57 Å². The Morgan fingerprint density at radius 3 is 2.76 bits per heavy atom. The normalized spacial score (nSPS) is 13.2. The zero-order valence-corrected chi connectivity index (χ0v) is 15.0. The van der Waals surface area contributed by atoms with Crippen molar-refractivity contribution in [3.05, 3.63) is 57.5 Å². The maximum Gasteiger partial charge on any atom is 0.263 e. The van der Waals surface area contributed by atoms with Crippen LogP contribution in [0.25, 0.3) is 0 Å². The highest BCUT2D eigenvalue weighted by Gasteiger charge is 2.27. The van der Waals surface area contributed by atoms with Crippen LogP contribution in [0, 0.1) is 6.92 Å². The number of aryl methyl sites for hydroxylation is 1. The third-order valence-electron chi connectivity index (χ3n) is 4.74. The summed E-state index contributed by atoms with van der Waals surface area (Å²) in [5.74, 6) is 0.254. The first-order valence-corrected chi connectivity index (χ1v) is 8.76. The molecule has 1 aromatic heterocycles. The van der Waals surface area contributed by atoms with Gasteiger partial charge in [-0.25, -0.2) is 0 Å². The van der Waals surface area contributed by atoms with Gasteiger partial charge in [0.25, 0.3) is 11.5 Å². The van der Waals surface area contributed by atoms with Crippen molar-refractivity contribution < 1.29 is 9.53 Å². The molecule has 0 aliphatic carbocycles. The van der Waals surface area contributed by atoms with E-state index in [1.807, 2.05) is 38.1 Å². The molecule has 0 N–H and O–H groups in total. The zero-order chi connectivity index (χ0) is 18.0. The molecule has 0 atom stereocenters. The van der Waals surface area contributed by atoms with E-state index in [2.05, 4.69) is 0 Å². The number of carbonyl (C=O) groups excluding carboxylic acids is 1. The highest BCUT2D eigenvalue weighted by atomic mass is 16.5. The summed E-state index contributed by atoms with van der Waals surface area (Å²) in [5.41, 5.74) is 3.18. The topological polar surface area (TPSA) is 51.5 Å². The molecule has 0 fully saturated rings. The number of benzene rings is 1. The van der Waals surface area contributed by atoms with Gasteiger partial charge in [-0.1, -0.05) is 12.1 Å². The Morgan fingerprint density at radius 1 is 1.28 bits per heavy atom. The lowest BCUT2D eigenvalue weighted by Crippen LogP contribution is -2.36. The lowest BCUT2D eigenvalue weighted by Gasteiger charge is -2.27. The molecule has 0 saturated heterocycles. The highest BCUT2D eigenvalue weighted by molar-refractivity contribution is 6.08. The van der Waals surface area contributed by atoms with Gasteiger partial charge in [-0.15, -0.1) is 0 Å². The predicted molar refractivity (Wildman–Crippen MR) is 98.7 cm³/mol. The van der Waals surface area contributed by atoms with Crippen molar-refractivity contribution in [1.29, 1.82) is 0 Å². The molecule has 0 saturated carbocycles. The lowest BCUT2D eigenvalue weighted by atomic mass is 10.0. The molecule has 0 spiro atoms. The van der Waals surface area contributed by atoms with Crippen LogP contribution < -0.4 is 15.2 Å². The van der Waals surface area contributed by atoms with Crippen LogP contribution >= 0.6 is 0 Å². The number of aromatic nitrogens is 1. The number of methoxy groups -OCH3 is 1. The van der Waals surface area contributed by atoms with Crippen molar-refractivity contribution in [3.8, 4) is 5.75 Å². The van der Waals surface area contributed by atoms with Gasteiger partial charge in [-0.05, 0) is 50.8 Å². The Bertz CT molecular complexity index is 855. The maximum atomic E-state index is 13.4. The molecule has 1 aromatic carbocycles. The van der Waals surface area contributed by atoms with Gasteiger partial charge in [-0.3, -0.25) is 9.59 Å². The van der Waals surface area contributed by atoms with Crippen molar-refractivity contribution in [2.45, 2.75) is 39.7 Å². The summed E-state index contributed by atoms with van der Waals surface area (Å²) in [6.07, 6.45) is 2.66. The summed E-state index contributed by atoms with van der Waals surface area (Å²) in [5, 5.41) is 0. The third-order valence-corrected chi connectivity index (χ3v) is 4.74. The van der Waals surface area contributed by atoms with E-state index in [1.54, 1.807) is 9.47 Å². The molecule has 3 rings (SSSR count). The third kappa shape index (κ3) is 3.18. The second-order valence-electron chi connectivity index (χ2n) is 6.37. The minimum absolute atomic E-state index is 0.0956. The van der Waals surface area contributed by atoms with Gasteiger partial charge in [0.2, 0.25) is 0 Å². The fourth-order valence-corrected chi connectivity index (χ4v) is 3.50. The lowest BCUT2D eigenvalue weighted by molar-refractivity contribution is 0.0982. The zero-order valence-electron chi connectivity index (χ0n) is 15.0. The Balaban J connectivity index is 2.14. The van der Waals surface area contributed by atoms with Gasteiger partial charge < -0.3 is 14.2 Å². The Kier molecular flexibility index (Phi) is 4.93. The number of pyridine rings is 1. The number of hydrogen-bond donors (Lipinski definition) is 0. The number of amides is 1. The number of ether oxygens (including phenoxy) is 1. The number of fused-ring (bicyclic) bond motifs is 1. The molecule has 2 heterocycles. The average molecular weight is 340 g/mol. The molecule has 0 radical (unpaired) electrons. The number of anilines is 1. The van der Waals surface area contributed by atoms with E-state index in [0.717, 1.165) is 36.2 Å². The van der Waals surface area contributed by atoms with E-state index in [4.69, 9.17) is 4.74 Å². The maximum absolute atomic E-state index is 13.4. The van der Waals surface area contributed by atoms with Crippen LogP contribution in [0.1, 0.15) is 41.4 Å². The van der Waals surface area contributed by atoms with Gasteiger partial charge in [0.05, 0.1) is 7.11 Å². The first-order valence-electron chi connectivity index (χ1n) is 8.76. The molecule has 0 unspecified atom stereocenters. The van der Waals surface area contributed by atoms with Crippen LogP contribution in [0.5, 0.6) is 5.75 Å². The summed E-state index contributed by atoms with van der Waals surface area (Å²) < 4.78 is 7.13. The van der Waals surface area contributed by atoms with E-state index in [-0.39, 0.29) is 11.5 Å². The summed E-state index contributed by atoms with van der Waals surface area (Å²) in [7, 11) is 1.51. The average Bonchev–Trinajstić information content (AvgIpc) is 2.62. The second-order valence-corrected chi connectivity index (χ2v) is 6.37. The fourth-order valence-electron chi connectivity index (χ4n) is 3.50. The van der Waals surface area contributed by atoms with Gasteiger partial charge in [0.15, 0.2) is 0 Å². The molecule has 0 bridgehead atoms. The molecule has 132 valence electrons. The summed E-state index contributed by atoms with van der Waals surface area (Å²) in [6, 6.07) is 9.32. The Morgan fingerprint density at radius 2 is 2.08 bits per heavy atom. The Hall–Kier alpha value is -2.56. The van der Waals surface area contributed by atoms with Crippen molar-refractivity contribution in [3.63, 3.8) is 0 Å². The second kappa shape index (κ2) is 7.13. The highest BCUT2D eigenvalue weighted by Crippen LogP contribution is 2.28. The number of hydrogen-bond acceptors (Lipinski definition) is 3. The van der Waals surface area contributed by atoms with E-state index >= 15 is 0 Å². The van der Waals surface area contributed by atoms with Crippen LogP contribution in [0.2, 0.25) is 0 Å².